The Morgan fingerprint density at radius 1 is 1.38 bits per heavy atom. The highest BCUT2D eigenvalue weighted by molar-refractivity contribution is 7.11. The fourth-order valence-corrected chi connectivity index (χ4v) is 4.69. The number of hydrogen-bond acceptors (Lipinski definition) is 6. The molecule has 0 saturated carbocycles. The number of likely N-dealkylation sites (tertiary alicyclic amines) is 2. The molecule has 1 atom stereocenters. The minimum Gasteiger partial charge on any atom is -0.361 e. The molecule has 24 heavy (non-hydrogen) atoms. The third kappa shape index (κ3) is 2.75. The highest BCUT2D eigenvalue weighted by atomic mass is 32.1. The smallest absolute Gasteiger partial charge is 0.276 e. The van der Waals surface area contributed by atoms with Gasteiger partial charge in [0.15, 0.2) is 5.69 Å². The van der Waals surface area contributed by atoms with Gasteiger partial charge in [-0.25, -0.2) is 4.98 Å². The summed E-state index contributed by atoms with van der Waals surface area (Å²) in [6.07, 6.45) is 5.34. The van der Waals surface area contributed by atoms with Crippen molar-refractivity contribution in [3.05, 3.63) is 33.6 Å². The number of hydrogen-bond donors (Lipinski definition) is 0. The Balaban J connectivity index is 1.46. The number of piperidine rings is 1. The van der Waals surface area contributed by atoms with Crippen LogP contribution in [0.15, 0.2) is 16.8 Å². The molecule has 1 amide bonds. The summed E-state index contributed by atoms with van der Waals surface area (Å²) in [7, 11) is 0. The molecule has 0 radical (unpaired) electrons. The lowest BCUT2D eigenvalue weighted by Gasteiger charge is -2.57. The molecular formula is C17H22N4O2S. The van der Waals surface area contributed by atoms with Gasteiger partial charge in [0.1, 0.15) is 5.76 Å². The first-order chi connectivity index (χ1) is 11.6. The molecule has 4 rings (SSSR count). The van der Waals surface area contributed by atoms with E-state index in [1.165, 1.54) is 4.88 Å². The molecule has 4 heterocycles. The van der Waals surface area contributed by atoms with Crippen LogP contribution in [-0.4, -0.2) is 51.0 Å². The van der Waals surface area contributed by atoms with Gasteiger partial charge >= 0.3 is 0 Å². The summed E-state index contributed by atoms with van der Waals surface area (Å²) in [6, 6.07) is 1.72. The van der Waals surface area contributed by atoms with Gasteiger partial charge in [-0.15, -0.1) is 11.3 Å². The van der Waals surface area contributed by atoms with Crippen molar-refractivity contribution in [2.45, 2.75) is 45.2 Å². The lowest BCUT2D eigenvalue weighted by atomic mass is 9.77. The fourth-order valence-electron chi connectivity index (χ4n) is 3.88. The number of aryl methyl sites for hydroxylation is 2. The Hall–Kier alpha value is -1.73. The van der Waals surface area contributed by atoms with Crippen molar-refractivity contribution in [2.75, 3.05) is 19.6 Å². The maximum atomic E-state index is 12.7. The standard InChI is InChI=1S/C17H22N4O2S/c1-12-8-15(19-23-12)16(22)20-6-3-4-17(11-20)5-7-21(17)10-14-9-18-13(2)24-14/h8-9H,3-7,10-11H2,1-2H3/t17-/m0/s1. The average Bonchev–Trinajstić information content (AvgIpc) is 3.19. The van der Waals surface area contributed by atoms with Crippen molar-refractivity contribution >= 4 is 17.2 Å². The van der Waals surface area contributed by atoms with Gasteiger partial charge in [0, 0.05) is 48.9 Å². The molecule has 2 aromatic rings. The van der Waals surface area contributed by atoms with Gasteiger partial charge in [-0.05, 0) is 33.1 Å². The van der Waals surface area contributed by atoms with E-state index in [0.717, 1.165) is 50.4 Å². The van der Waals surface area contributed by atoms with Gasteiger partial charge in [0.05, 0.1) is 5.01 Å². The zero-order valence-electron chi connectivity index (χ0n) is 14.1. The normalized spacial score (nSPS) is 24.3. The third-order valence-corrected chi connectivity index (χ3v) is 6.12. The van der Waals surface area contributed by atoms with E-state index in [1.54, 1.807) is 17.4 Å². The van der Waals surface area contributed by atoms with E-state index in [1.807, 2.05) is 24.9 Å². The zero-order valence-corrected chi connectivity index (χ0v) is 14.9. The minimum atomic E-state index is -0.00795. The van der Waals surface area contributed by atoms with Crippen molar-refractivity contribution in [3.63, 3.8) is 0 Å². The first-order valence-electron chi connectivity index (χ1n) is 8.45. The maximum absolute atomic E-state index is 12.7. The van der Waals surface area contributed by atoms with Crippen LogP contribution in [0.1, 0.15) is 45.4 Å². The minimum absolute atomic E-state index is 0.00795. The van der Waals surface area contributed by atoms with E-state index in [-0.39, 0.29) is 11.4 Å². The van der Waals surface area contributed by atoms with E-state index >= 15 is 0 Å². The summed E-state index contributed by atoms with van der Waals surface area (Å²) in [4.78, 5) is 22.8. The van der Waals surface area contributed by atoms with Crippen LogP contribution >= 0.6 is 11.3 Å². The van der Waals surface area contributed by atoms with Gasteiger partial charge in [-0.1, -0.05) is 5.16 Å². The Labute approximate surface area is 145 Å². The SMILES string of the molecule is Cc1cc(C(=O)N2CCC[C@]3(CCN3Cc3cnc(C)s3)C2)no1. The molecular weight excluding hydrogens is 324 g/mol. The molecule has 7 heteroatoms. The number of amides is 1. The predicted molar refractivity (Wildman–Crippen MR) is 91.0 cm³/mol. The molecule has 128 valence electrons. The van der Waals surface area contributed by atoms with Crippen LogP contribution in [0.2, 0.25) is 0 Å². The summed E-state index contributed by atoms with van der Waals surface area (Å²) >= 11 is 1.76. The second kappa shape index (κ2) is 5.97. The number of carbonyl (C=O) groups excluding carboxylic acids is 1. The Morgan fingerprint density at radius 3 is 2.88 bits per heavy atom. The summed E-state index contributed by atoms with van der Waals surface area (Å²) in [5.41, 5.74) is 0.554. The van der Waals surface area contributed by atoms with Crippen LogP contribution in [0.4, 0.5) is 0 Å². The molecule has 2 aromatic heterocycles. The van der Waals surface area contributed by atoms with E-state index in [4.69, 9.17) is 4.52 Å². The van der Waals surface area contributed by atoms with Gasteiger partial charge in [0.25, 0.3) is 5.91 Å². The molecule has 0 unspecified atom stereocenters. The second-order valence-corrected chi connectivity index (χ2v) is 8.21. The highest BCUT2D eigenvalue weighted by Crippen LogP contribution is 2.40. The third-order valence-electron chi connectivity index (χ3n) is 5.22. The molecule has 2 saturated heterocycles. The fraction of sp³-hybridized carbons (Fsp3) is 0.588. The molecule has 0 aromatic carbocycles. The monoisotopic (exact) mass is 346 g/mol. The summed E-state index contributed by atoms with van der Waals surface area (Å²) in [5, 5.41) is 5.00. The maximum Gasteiger partial charge on any atom is 0.276 e. The Kier molecular flexibility index (Phi) is 3.92. The van der Waals surface area contributed by atoms with E-state index in [9.17, 15) is 4.79 Å². The van der Waals surface area contributed by atoms with Gasteiger partial charge in [0.2, 0.25) is 0 Å². The topological polar surface area (TPSA) is 62.5 Å². The molecule has 0 aliphatic carbocycles. The summed E-state index contributed by atoms with van der Waals surface area (Å²) in [5.74, 6) is 0.669. The number of nitrogens with zero attached hydrogens (tertiary/aromatic N) is 4. The Bertz CT molecular complexity index is 755. The van der Waals surface area contributed by atoms with E-state index in [0.29, 0.717) is 11.5 Å². The van der Waals surface area contributed by atoms with Crippen LogP contribution in [0.3, 0.4) is 0 Å². The number of rotatable bonds is 3. The van der Waals surface area contributed by atoms with Gasteiger partial charge < -0.3 is 9.42 Å². The van der Waals surface area contributed by atoms with Crippen molar-refractivity contribution in [3.8, 4) is 0 Å². The van der Waals surface area contributed by atoms with Crippen molar-refractivity contribution in [1.82, 2.24) is 19.9 Å². The van der Waals surface area contributed by atoms with Crippen LogP contribution < -0.4 is 0 Å². The summed E-state index contributed by atoms with van der Waals surface area (Å²) < 4.78 is 5.06. The quantitative estimate of drug-likeness (QED) is 0.855. The van der Waals surface area contributed by atoms with E-state index < -0.39 is 0 Å². The average molecular weight is 346 g/mol. The molecule has 2 aliphatic heterocycles. The second-order valence-electron chi connectivity index (χ2n) is 6.89. The van der Waals surface area contributed by atoms with Gasteiger partial charge in [-0.2, -0.15) is 0 Å². The first-order valence-corrected chi connectivity index (χ1v) is 9.26. The molecule has 1 spiro atoms. The number of thiazole rings is 1. The van der Waals surface area contributed by atoms with Crippen molar-refractivity contribution in [1.29, 1.82) is 0 Å². The molecule has 6 nitrogen and oxygen atoms in total. The predicted octanol–water partition coefficient (Wildman–Crippen LogP) is 2.63. The first kappa shape index (κ1) is 15.8. The lowest BCUT2D eigenvalue weighted by molar-refractivity contribution is -0.0644. The number of aromatic nitrogens is 2. The van der Waals surface area contributed by atoms with Crippen LogP contribution in [0, 0.1) is 13.8 Å². The summed E-state index contributed by atoms with van der Waals surface area (Å²) in [6.45, 7) is 7.49. The van der Waals surface area contributed by atoms with Crippen LogP contribution in [0.25, 0.3) is 0 Å². The van der Waals surface area contributed by atoms with Crippen molar-refractivity contribution < 1.29 is 9.32 Å². The zero-order chi connectivity index (χ0) is 16.7. The van der Waals surface area contributed by atoms with Crippen molar-refractivity contribution in [2.24, 2.45) is 0 Å². The van der Waals surface area contributed by atoms with Crippen LogP contribution in [0.5, 0.6) is 0 Å². The van der Waals surface area contributed by atoms with Gasteiger partial charge in [-0.3, -0.25) is 9.69 Å². The highest BCUT2D eigenvalue weighted by Gasteiger charge is 2.48. The lowest BCUT2D eigenvalue weighted by Crippen LogP contribution is -2.66. The largest absolute Gasteiger partial charge is 0.361 e. The molecule has 2 fully saturated rings. The van der Waals surface area contributed by atoms with Crippen LogP contribution in [-0.2, 0) is 6.54 Å². The molecule has 0 bridgehead atoms. The molecule has 0 N–H and O–H groups in total. The Morgan fingerprint density at radius 2 is 2.25 bits per heavy atom. The molecule has 2 aliphatic rings. The van der Waals surface area contributed by atoms with E-state index in [2.05, 4.69) is 15.0 Å². The number of carbonyl (C=O) groups is 1.